The van der Waals surface area contributed by atoms with Crippen LogP contribution in [0.3, 0.4) is 0 Å². The first-order valence-corrected chi connectivity index (χ1v) is 5.91. The molecule has 0 aromatic heterocycles. The lowest BCUT2D eigenvalue weighted by Gasteiger charge is -2.26. The fourth-order valence-corrected chi connectivity index (χ4v) is 1.93. The molecule has 0 N–H and O–H groups in total. The largest absolute Gasteiger partial charge is 0.481 e. The zero-order valence-corrected chi connectivity index (χ0v) is 9.28. The number of hydrogen-bond acceptors (Lipinski definition) is 4. The van der Waals surface area contributed by atoms with E-state index in [9.17, 15) is 0 Å². The first-order valence-electron chi connectivity index (χ1n) is 5.91. The highest BCUT2D eigenvalue weighted by Gasteiger charge is 2.10. The van der Waals surface area contributed by atoms with E-state index in [4.69, 9.17) is 9.47 Å². The third kappa shape index (κ3) is 3.80. The van der Waals surface area contributed by atoms with Crippen molar-refractivity contribution in [1.82, 2.24) is 4.90 Å². The van der Waals surface area contributed by atoms with Gasteiger partial charge in [0.15, 0.2) is 5.90 Å². The molecule has 1 fully saturated rings. The molecular formula is C11H20N2O2. The molecule has 0 spiro atoms. The lowest BCUT2D eigenvalue weighted by atomic mass is 10.3. The molecule has 0 saturated carbocycles. The molecule has 0 aliphatic carbocycles. The Morgan fingerprint density at radius 3 is 2.93 bits per heavy atom. The minimum Gasteiger partial charge on any atom is -0.481 e. The molecule has 0 bridgehead atoms. The van der Waals surface area contributed by atoms with E-state index in [2.05, 4.69) is 9.89 Å². The molecule has 86 valence electrons. The Morgan fingerprint density at radius 1 is 1.33 bits per heavy atom. The van der Waals surface area contributed by atoms with Gasteiger partial charge in [0.1, 0.15) is 0 Å². The van der Waals surface area contributed by atoms with E-state index >= 15 is 0 Å². The van der Waals surface area contributed by atoms with E-state index in [-0.39, 0.29) is 0 Å². The Labute approximate surface area is 91.3 Å². The fraction of sp³-hybridized carbons (Fsp3) is 0.909. The number of ether oxygens (including phenoxy) is 2. The van der Waals surface area contributed by atoms with Gasteiger partial charge in [-0.05, 0) is 12.8 Å². The summed E-state index contributed by atoms with van der Waals surface area (Å²) in [5, 5.41) is 0. The zero-order chi connectivity index (χ0) is 10.3. The van der Waals surface area contributed by atoms with Crippen LogP contribution in [0.1, 0.15) is 19.3 Å². The van der Waals surface area contributed by atoms with Gasteiger partial charge in [-0.25, -0.2) is 0 Å². The van der Waals surface area contributed by atoms with Gasteiger partial charge in [0.25, 0.3) is 0 Å². The number of aliphatic imine (C=N–C) groups is 1. The highest BCUT2D eigenvalue weighted by Crippen LogP contribution is 2.05. The average molecular weight is 212 g/mol. The quantitative estimate of drug-likeness (QED) is 0.650. The van der Waals surface area contributed by atoms with Crippen molar-refractivity contribution in [2.75, 3.05) is 46.0 Å². The van der Waals surface area contributed by atoms with Gasteiger partial charge < -0.3 is 9.47 Å². The lowest BCUT2D eigenvalue weighted by Crippen LogP contribution is -2.37. The van der Waals surface area contributed by atoms with Crippen molar-refractivity contribution >= 4 is 5.90 Å². The third-order valence-corrected chi connectivity index (χ3v) is 2.83. The van der Waals surface area contributed by atoms with Crippen LogP contribution in [-0.4, -0.2) is 56.8 Å². The van der Waals surface area contributed by atoms with Gasteiger partial charge in [-0.2, -0.15) is 0 Å². The first-order chi connectivity index (χ1) is 7.45. The summed E-state index contributed by atoms with van der Waals surface area (Å²) in [6.07, 6.45) is 3.30. The van der Waals surface area contributed by atoms with Gasteiger partial charge in [0, 0.05) is 32.6 Å². The van der Waals surface area contributed by atoms with E-state index in [0.717, 1.165) is 64.7 Å². The Bertz CT molecular complexity index is 213. The molecular weight excluding hydrogens is 192 g/mol. The molecule has 2 heterocycles. The molecule has 0 aromatic rings. The summed E-state index contributed by atoms with van der Waals surface area (Å²) in [6, 6.07) is 0. The van der Waals surface area contributed by atoms with Crippen molar-refractivity contribution in [3.8, 4) is 0 Å². The number of hydrogen-bond donors (Lipinski definition) is 0. The number of rotatable bonds is 4. The topological polar surface area (TPSA) is 34.1 Å². The van der Waals surface area contributed by atoms with E-state index in [0.29, 0.717) is 0 Å². The summed E-state index contributed by atoms with van der Waals surface area (Å²) >= 11 is 0. The van der Waals surface area contributed by atoms with Gasteiger partial charge in [0.2, 0.25) is 0 Å². The standard InChI is InChI=1S/C11H20N2O2/c1-3-11(12-4-1)15-8-2-5-13-6-9-14-10-7-13/h1-10H2. The van der Waals surface area contributed by atoms with Crippen molar-refractivity contribution in [1.29, 1.82) is 0 Å². The Balaban J connectivity index is 1.50. The van der Waals surface area contributed by atoms with E-state index in [1.807, 2.05) is 0 Å². The summed E-state index contributed by atoms with van der Waals surface area (Å²) in [7, 11) is 0. The summed E-state index contributed by atoms with van der Waals surface area (Å²) in [5.74, 6) is 0.969. The van der Waals surface area contributed by atoms with Gasteiger partial charge in [-0.15, -0.1) is 0 Å². The minimum absolute atomic E-state index is 0.816. The third-order valence-electron chi connectivity index (χ3n) is 2.83. The highest BCUT2D eigenvalue weighted by molar-refractivity contribution is 5.77. The van der Waals surface area contributed by atoms with Crippen LogP contribution in [-0.2, 0) is 9.47 Å². The van der Waals surface area contributed by atoms with Crippen molar-refractivity contribution in [2.24, 2.45) is 4.99 Å². The molecule has 2 rings (SSSR count). The average Bonchev–Trinajstić information content (AvgIpc) is 2.79. The molecule has 1 saturated heterocycles. The number of morpholine rings is 1. The van der Waals surface area contributed by atoms with Crippen molar-refractivity contribution in [3.05, 3.63) is 0 Å². The van der Waals surface area contributed by atoms with Crippen LogP contribution in [0.2, 0.25) is 0 Å². The van der Waals surface area contributed by atoms with Crippen molar-refractivity contribution < 1.29 is 9.47 Å². The maximum absolute atomic E-state index is 5.59. The van der Waals surface area contributed by atoms with Crippen LogP contribution < -0.4 is 0 Å². The molecule has 4 heteroatoms. The molecule has 2 aliphatic rings. The molecule has 0 aromatic carbocycles. The monoisotopic (exact) mass is 212 g/mol. The number of nitrogens with zero attached hydrogens (tertiary/aromatic N) is 2. The van der Waals surface area contributed by atoms with E-state index < -0.39 is 0 Å². The van der Waals surface area contributed by atoms with Gasteiger partial charge in [0.05, 0.1) is 19.8 Å². The van der Waals surface area contributed by atoms with Crippen LogP contribution in [0.4, 0.5) is 0 Å². The van der Waals surface area contributed by atoms with Crippen LogP contribution in [0.5, 0.6) is 0 Å². The van der Waals surface area contributed by atoms with Crippen LogP contribution in [0.25, 0.3) is 0 Å². The minimum atomic E-state index is 0.816. The summed E-state index contributed by atoms with van der Waals surface area (Å²) in [6.45, 7) is 6.80. The van der Waals surface area contributed by atoms with Crippen LogP contribution >= 0.6 is 0 Å². The summed E-state index contributed by atoms with van der Waals surface area (Å²) < 4.78 is 10.9. The second-order valence-electron chi connectivity index (χ2n) is 4.04. The predicted octanol–water partition coefficient (Wildman–Crippen LogP) is 0.918. The summed E-state index contributed by atoms with van der Waals surface area (Å²) in [5.41, 5.74) is 0. The Hall–Kier alpha value is -0.610. The van der Waals surface area contributed by atoms with Crippen LogP contribution in [0.15, 0.2) is 4.99 Å². The Kier molecular flexibility index (Phi) is 4.41. The molecule has 0 radical (unpaired) electrons. The SMILES string of the molecule is C1CN=C(OCCCN2CCOCC2)C1. The highest BCUT2D eigenvalue weighted by atomic mass is 16.5. The predicted molar refractivity (Wildman–Crippen MR) is 59.4 cm³/mol. The van der Waals surface area contributed by atoms with Crippen molar-refractivity contribution in [2.45, 2.75) is 19.3 Å². The molecule has 0 amide bonds. The van der Waals surface area contributed by atoms with E-state index in [1.165, 1.54) is 6.42 Å². The smallest absolute Gasteiger partial charge is 0.183 e. The molecule has 0 atom stereocenters. The molecule has 0 unspecified atom stereocenters. The maximum atomic E-state index is 5.59. The lowest BCUT2D eigenvalue weighted by molar-refractivity contribution is 0.0355. The zero-order valence-electron chi connectivity index (χ0n) is 9.28. The van der Waals surface area contributed by atoms with E-state index in [1.54, 1.807) is 0 Å². The molecule has 4 nitrogen and oxygen atoms in total. The summed E-state index contributed by atoms with van der Waals surface area (Å²) in [4.78, 5) is 6.71. The molecule has 15 heavy (non-hydrogen) atoms. The normalized spacial score (nSPS) is 22.8. The van der Waals surface area contributed by atoms with Gasteiger partial charge in [-0.1, -0.05) is 0 Å². The molecule has 2 aliphatic heterocycles. The van der Waals surface area contributed by atoms with Gasteiger partial charge >= 0.3 is 0 Å². The fourth-order valence-electron chi connectivity index (χ4n) is 1.93. The first kappa shape index (κ1) is 10.9. The van der Waals surface area contributed by atoms with Crippen molar-refractivity contribution in [3.63, 3.8) is 0 Å². The second-order valence-corrected chi connectivity index (χ2v) is 4.04. The second kappa shape index (κ2) is 6.08. The Morgan fingerprint density at radius 2 is 2.20 bits per heavy atom. The van der Waals surface area contributed by atoms with Crippen LogP contribution in [0, 0.1) is 0 Å². The maximum Gasteiger partial charge on any atom is 0.183 e. The van der Waals surface area contributed by atoms with Gasteiger partial charge in [-0.3, -0.25) is 9.89 Å².